The van der Waals surface area contributed by atoms with Crippen molar-refractivity contribution in [2.75, 3.05) is 7.11 Å². The Hall–Kier alpha value is -3.52. The molecule has 2 nitrogen and oxygen atoms in total. The second-order valence-corrected chi connectivity index (χ2v) is 7.16. The molecule has 0 aromatic heterocycles. The molecule has 0 bridgehead atoms. The standard InChI is InChI=1S/C27H24O2/c1-20-3-5-21(6-4-20)19-22-7-13-26(14-8-22)29-27-17-11-24(12-18-27)23-9-15-25(28-2)16-10-23/h3-18H,19H2,1-2H3. The fourth-order valence-electron chi connectivity index (χ4n) is 3.25. The predicted octanol–water partition coefficient (Wildman–Crippen LogP) is 7.05. The normalized spacial score (nSPS) is 10.6. The van der Waals surface area contributed by atoms with Crippen LogP contribution in [-0.4, -0.2) is 7.11 Å². The summed E-state index contributed by atoms with van der Waals surface area (Å²) < 4.78 is 11.2. The lowest BCUT2D eigenvalue weighted by molar-refractivity contribution is 0.415. The first-order valence-corrected chi connectivity index (χ1v) is 9.76. The van der Waals surface area contributed by atoms with E-state index in [1.807, 2.05) is 36.4 Å². The van der Waals surface area contributed by atoms with Crippen molar-refractivity contribution < 1.29 is 9.47 Å². The summed E-state index contributed by atoms with van der Waals surface area (Å²) in [6, 6.07) is 33.2. The summed E-state index contributed by atoms with van der Waals surface area (Å²) in [6.45, 7) is 2.11. The average molecular weight is 380 g/mol. The third kappa shape index (κ3) is 4.85. The van der Waals surface area contributed by atoms with Gasteiger partial charge in [-0.05, 0) is 72.0 Å². The largest absolute Gasteiger partial charge is 0.497 e. The van der Waals surface area contributed by atoms with Crippen molar-refractivity contribution in [3.05, 3.63) is 114 Å². The Morgan fingerprint density at radius 3 is 1.41 bits per heavy atom. The quantitative estimate of drug-likeness (QED) is 0.357. The van der Waals surface area contributed by atoms with Crippen molar-refractivity contribution in [3.8, 4) is 28.4 Å². The number of aryl methyl sites for hydroxylation is 1. The Balaban J connectivity index is 1.40. The van der Waals surface area contributed by atoms with Crippen molar-refractivity contribution in [3.63, 3.8) is 0 Å². The van der Waals surface area contributed by atoms with Crippen molar-refractivity contribution in [1.82, 2.24) is 0 Å². The summed E-state index contributed by atoms with van der Waals surface area (Å²) in [4.78, 5) is 0. The van der Waals surface area contributed by atoms with Gasteiger partial charge in [-0.1, -0.05) is 66.2 Å². The molecule has 0 fully saturated rings. The van der Waals surface area contributed by atoms with Gasteiger partial charge in [-0.3, -0.25) is 0 Å². The molecule has 0 N–H and O–H groups in total. The van der Waals surface area contributed by atoms with Gasteiger partial charge in [0.1, 0.15) is 17.2 Å². The van der Waals surface area contributed by atoms with E-state index in [-0.39, 0.29) is 0 Å². The number of rotatable bonds is 6. The van der Waals surface area contributed by atoms with Gasteiger partial charge in [-0.2, -0.15) is 0 Å². The topological polar surface area (TPSA) is 18.5 Å². The maximum absolute atomic E-state index is 6.01. The summed E-state index contributed by atoms with van der Waals surface area (Å²) in [6.07, 6.45) is 0.928. The molecule has 0 saturated carbocycles. The summed E-state index contributed by atoms with van der Waals surface area (Å²) >= 11 is 0. The minimum Gasteiger partial charge on any atom is -0.497 e. The smallest absolute Gasteiger partial charge is 0.127 e. The Bertz CT molecular complexity index is 1050. The highest BCUT2D eigenvalue weighted by molar-refractivity contribution is 5.65. The van der Waals surface area contributed by atoms with Crippen LogP contribution in [0.3, 0.4) is 0 Å². The lowest BCUT2D eigenvalue weighted by atomic mass is 10.0. The SMILES string of the molecule is COc1ccc(-c2ccc(Oc3ccc(Cc4ccc(C)cc4)cc3)cc2)cc1. The molecule has 29 heavy (non-hydrogen) atoms. The highest BCUT2D eigenvalue weighted by Crippen LogP contribution is 2.27. The minimum absolute atomic E-state index is 0.827. The number of ether oxygens (including phenoxy) is 2. The second kappa shape index (κ2) is 8.66. The molecule has 0 spiro atoms. The summed E-state index contributed by atoms with van der Waals surface area (Å²) in [5.74, 6) is 2.53. The van der Waals surface area contributed by atoms with Crippen LogP contribution in [0.1, 0.15) is 16.7 Å². The fourth-order valence-corrected chi connectivity index (χ4v) is 3.25. The Morgan fingerprint density at radius 1 is 0.517 bits per heavy atom. The highest BCUT2D eigenvalue weighted by Gasteiger charge is 2.02. The van der Waals surface area contributed by atoms with E-state index in [0.717, 1.165) is 34.8 Å². The van der Waals surface area contributed by atoms with Gasteiger partial charge in [0.15, 0.2) is 0 Å². The molecule has 0 aliphatic heterocycles. The zero-order chi connectivity index (χ0) is 20.1. The van der Waals surface area contributed by atoms with Crippen LogP contribution >= 0.6 is 0 Å². The molecule has 0 heterocycles. The van der Waals surface area contributed by atoms with E-state index >= 15 is 0 Å². The van der Waals surface area contributed by atoms with Crippen molar-refractivity contribution in [2.24, 2.45) is 0 Å². The van der Waals surface area contributed by atoms with Crippen LogP contribution in [0.2, 0.25) is 0 Å². The molecule has 2 heteroatoms. The summed E-state index contributed by atoms with van der Waals surface area (Å²) in [7, 11) is 1.68. The third-order valence-corrected chi connectivity index (χ3v) is 4.97. The van der Waals surface area contributed by atoms with E-state index in [9.17, 15) is 0 Å². The summed E-state index contributed by atoms with van der Waals surface area (Å²) in [5, 5.41) is 0. The fraction of sp³-hybridized carbons (Fsp3) is 0.111. The monoisotopic (exact) mass is 380 g/mol. The maximum Gasteiger partial charge on any atom is 0.127 e. The van der Waals surface area contributed by atoms with Gasteiger partial charge in [-0.25, -0.2) is 0 Å². The van der Waals surface area contributed by atoms with Crippen LogP contribution < -0.4 is 9.47 Å². The van der Waals surface area contributed by atoms with E-state index in [4.69, 9.17) is 9.47 Å². The van der Waals surface area contributed by atoms with E-state index in [0.29, 0.717) is 0 Å². The van der Waals surface area contributed by atoms with Gasteiger partial charge in [-0.15, -0.1) is 0 Å². The molecule has 0 aliphatic carbocycles. The van der Waals surface area contributed by atoms with Gasteiger partial charge in [0.05, 0.1) is 7.11 Å². The first-order valence-electron chi connectivity index (χ1n) is 9.76. The number of hydrogen-bond acceptors (Lipinski definition) is 2. The molecule has 144 valence electrons. The molecular formula is C27H24O2. The van der Waals surface area contributed by atoms with Crippen LogP contribution in [0.25, 0.3) is 11.1 Å². The van der Waals surface area contributed by atoms with Crippen molar-refractivity contribution in [1.29, 1.82) is 0 Å². The van der Waals surface area contributed by atoms with Crippen molar-refractivity contribution in [2.45, 2.75) is 13.3 Å². The molecule has 0 amide bonds. The van der Waals surface area contributed by atoms with Gasteiger partial charge >= 0.3 is 0 Å². The Kier molecular flexibility index (Phi) is 5.62. The van der Waals surface area contributed by atoms with E-state index in [1.54, 1.807) is 7.11 Å². The lowest BCUT2D eigenvalue weighted by Gasteiger charge is -2.09. The number of hydrogen-bond donors (Lipinski definition) is 0. The average Bonchev–Trinajstić information content (AvgIpc) is 2.77. The van der Waals surface area contributed by atoms with Crippen LogP contribution in [-0.2, 0) is 6.42 Å². The third-order valence-electron chi connectivity index (χ3n) is 4.97. The molecule has 0 aliphatic rings. The molecule has 0 radical (unpaired) electrons. The summed E-state index contributed by atoms with van der Waals surface area (Å²) in [5.41, 5.74) is 6.18. The predicted molar refractivity (Wildman–Crippen MR) is 119 cm³/mol. The Labute approximate surface area is 172 Å². The van der Waals surface area contributed by atoms with E-state index < -0.39 is 0 Å². The molecule has 0 atom stereocenters. The highest BCUT2D eigenvalue weighted by atomic mass is 16.5. The number of benzene rings is 4. The van der Waals surface area contributed by atoms with E-state index in [2.05, 4.69) is 67.6 Å². The molecule has 0 unspecified atom stereocenters. The molecule has 4 aromatic carbocycles. The van der Waals surface area contributed by atoms with Gasteiger partial charge in [0, 0.05) is 0 Å². The zero-order valence-electron chi connectivity index (χ0n) is 16.8. The van der Waals surface area contributed by atoms with Gasteiger partial charge < -0.3 is 9.47 Å². The Morgan fingerprint density at radius 2 is 0.931 bits per heavy atom. The molecule has 4 aromatic rings. The second-order valence-electron chi connectivity index (χ2n) is 7.16. The zero-order valence-corrected chi connectivity index (χ0v) is 16.8. The van der Waals surface area contributed by atoms with Crippen LogP contribution in [0.15, 0.2) is 97.1 Å². The molecule has 0 saturated heterocycles. The first-order chi connectivity index (χ1) is 14.2. The molecule has 4 rings (SSSR count). The van der Waals surface area contributed by atoms with Crippen LogP contribution in [0.5, 0.6) is 17.2 Å². The van der Waals surface area contributed by atoms with Gasteiger partial charge in [0.25, 0.3) is 0 Å². The van der Waals surface area contributed by atoms with Crippen LogP contribution in [0, 0.1) is 6.92 Å². The molecular weight excluding hydrogens is 356 g/mol. The minimum atomic E-state index is 0.827. The van der Waals surface area contributed by atoms with Gasteiger partial charge in [0.2, 0.25) is 0 Å². The van der Waals surface area contributed by atoms with E-state index in [1.165, 1.54) is 16.7 Å². The van der Waals surface area contributed by atoms with Crippen LogP contribution in [0.4, 0.5) is 0 Å². The first kappa shape index (κ1) is 18.8. The van der Waals surface area contributed by atoms with Crippen molar-refractivity contribution >= 4 is 0 Å². The lowest BCUT2D eigenvalue weighted by Crippen LogP contribution is -1.89. The maximum atomic E-state index is 6.01. The number of methoxy groups -OCH3 is 1.